The van der Waals surface area contributed by atoms with E-state index in [9.17, 15) is 4.79 Å². The van der Waals surface area contributed by atoms with Crippen molar-refractivity contribution in [2.24, 2.45) is 0 Å². The minimum atomic E-state index is -0.144. The monoisotopic (exact) mass is 416 g/mol. The SMILES string of the molecule is COc1cccc(NC(=O)CSc2nc(-c3ccccc3)c(-c3ccccc3)o2)c1. The molecule has 0 aliphatic rings. The maximum absolute atomic E-state index is 12.4. The number of nitrogens with one attached hydrogen (secondary N) is 1. The van der Waals surface area contributed by atoms with E-state index in [1.54, 1.807) is 13.2 Å². The number of aromatic nitrogens is 1. The van der Waals surface area contributed by atoms with Crippen molar-refractivity contribution in [2.75, 3.05) is 18.2 Å². The Morgan fingerprint density at radius 2 is 1.67 bits per heavy atom. The van der Waals surface area contributed by atoms with Gasteiger partial charge in [-0.05, 0) is 12.1 Å². The molecule has 1 N–H and O–H groups in total. The second-order valence-electron chi connectivity index (χ2n) is 6.46. The summed E-state index contributed by atoms with van der Waals surface area (Å²) in [7, 11) is 1.59. The highest BCUT2D eigenvalue weighted by molar-refractivity contribution is 7.99. The van der Waals surface area contributed by atoms with Gasteiger partial charge in [-0.15, -0.1) is 0 Å². The van der Waals surface area contributed by atoms with Crippen molar-refractivity contribution < 1.29 is 13.9 Å². The van der Waals surface area contributed by atoms with E-state index in [2.05, 4.69) is 10.3 Å². The molecular formula is C24H20N2O3S. The summed E-state index contributed by atoms with van der Waals surface area (Å²) >= 11 is 1.26. The van der Waals surface area contributed by atoms with Gasteiger partial charge in [0, 0.05) is 22.9 Å². The molecule has 0 spiro atoms. The first-order valence-electron chi connectivity index (χ1n) is 9.41. The number of thioether (sulfide) groups is 1. The zero-order valence-electron chi connectivity index (χ0n) is 16.4. The van der Waals surface area contributed by atoms with Crippen molar-refractivity contribution >= 4 is 23.4 Å². The fourth-order valence-electron chi connectivity index (χ4n) is 2.96. The topological polar surface area (TPSA) is 64.4 Å². The molecule has 6 heteroatoms. The summed E-state index contributed by atoms with van der Waals surface area (Å²) in [5, 5.41) is 3.31. The molecule has 0 fully saturated rings. The Labute approximate surface area is 179 Å². The first-order chi connectivity index (χ1) is 14.7. The van der Waals surface area contributed by atoms with Crippen LogP contribution >= 0.6 is 11.8 Å². The summed E-state index contributed by atoms with van der Waals surface area (Å²) in [6.07, 6.45) is 0. The summed E-state index contributed by atoms with van der Waals surface area (Å²) in [4.78, 5) is 17.0. The van der Waals surface area contributed by atoms with Crippen LogP contribution in [-0.2, 0) is 4.79 Å². The summed E-state index contributed by atoms with van der Waals surface area (Å²) in [6.45, 7) is 0. The van der Waals surface area contributed by atoms with Crippen LogP contribution in [0.2, 0.25) is 0 Å². The molecule has 30 heavy (non-hydrogen) atoms. The lowest BCUT2D eigenvalue weighted by atomic mass is 10.1. The molecule has 5 nitrogen and oxygen atoms in total. The van der Waals surface area contributed by atoms with Crippen LogP contribution in [0.15, 0.2) is 94.6 Å². The Morgan fingerprint density at radius 3 is 2.37 bits per heavy atom. The predicted octanol–water partition coefficient (Wildman–Crippen LogP) is 5.75. The number of nitrogens with zero attached hydrogens (tertiary/aromatic N) is 1. The minimum absolute atomic E-state index is 0.144. The van der Waals surface area contributed by atoms with E-state index in [1.165, 1.54) is 11.8 Å². The summed E-state index contributed by atoms with van der Waals surface area (Å²) < 4.78 is 11.2. The van der Waals surface area contributed by atoms with E-state index < -0.39 is 0 Å². The molecule has 3 aromatic carbocycles. The number of oxazole rings is 1. The van der Waals surface area contributed by atoms with Gasteiger partial charge in [-0.1, -0.05) is 78.5 Å². The number of amides is 1. The van der Waals surface area contributed by atoms with Gasteiger partial charge in [-0.2, -0.15) is 0 Å². The molecule has 0 atom stereocenters. The molecule has 0 saturated carbocycles. The molecule has 4 aromatic rings. The molecular weight excluding hydrogens is 396 g/mol. The molecule has 1 amide bonds. The highest BCUT2D eigenvalue weighted by Gasteiger charge is 2.18. The number of ether oxygens (including phenoxy) is 1. The molecule has 4 rings (SSSR count). The fourth-order valence-corrected chi connectivity index (χ4v) is 3.59. The predicted molar refractivity (Wildman–Crippen MR) is 120 cm³/mol. The number of carbonyl (C=O) groups excluding carboxylic acids is 1. The molecule has 0 bridgehead atoms. The fraction of sp³-hybridized carbons (Fsp3) is 0.0833. The number of hydrogen-bond donors (Lipinski definition) is 1. The number of methoxy groups -OCH3 is 1. The molecule has 0 radical (unpaired) electrons. The summed E-state index contributed by atoms with van der Waals surface area (Å²) in [6, 6.07) is 27.0. The molecule has 0 aliphatic carbocycles. The van der Waals surface area contributed by atoms with Gasteiger partial charge >= 0.3 is 0 Å². The Bertz CT molecular complexity index is 1070. The Kier molecular flexibility index (Phi) is 6.15. The molecule has 0 unspecified atom stereocenters. The first kappa shape index (κ1) is 19.8. The number of hydrogen-bond acceptors (Lipinski definition) is 5. The van der Waals surface area contributed by atoms with Crippen molar-refractivity contribution in [1.82, 2.24) is 4.98 Å². The smallest absolute Gasteiger partial charge is 0.257 e. The lowest BCUT2D eigenvalue weighted by molar-refractivity contribution is -0.113. The Balaban J connectivity index is 1.52. The van der Waals surface area contributed by atoms with Gasteiger partial charge in [0.05, 0.1) is 12.9 Å². The van der Waals surface area contributed by atoms with E-state index in [0.29, 0.717) is 22.4 Å². The van der Waals surface area contributed by atoms with Gasteiger partial charge in [-0.25, -0.2) is 4.98 Å². The quantitative estimate of drug-likeness (QED) is 0.389. The van der Waals surface area contributed by atoms with Crippen molar-refractivity contribution in [3.05, 3.63) is 84.9 Å². The van der Waals surface area contributed by atoms with Gasteiger partial charge < -0.3 is 14.5 Å². The third-order valence-corrected chi connectivity index (χ3v) is 5.20. The molecule has 150 valence electrons. The van der Waals surface area contributed by atoms with Crippen molar-refractivity contribution in [3.63, 3.8) is 0 Å². The number of carbonyl (C=O) groups is 1. The Morgan fingerprint density at radius 1 is 0.967 bits per heavy atom. The van der Waals surface area contributed by atoms with Crippen LogP contribution in [0, 0.1) is 0 Å². The first-order valence-corrected chi connectivity index (χ1v) is 10.4. The van der Waals surface area contributed by atoms with E-state index in [4.69, 9.17) is 9.15 Å². The van der Waals surface area contributed by atoms with Crippen LogP contribution in [0.5, 0.6) is 5.75 Å². The summed E-state index contributed by atoms with van der Waals surface area (Å²) in [5.41, 5.74) is 3.35. The van der Waals surface area contributed by atoms with Gasteiger partial charge in [0.15, 0.2) is 5.76 Å². The number of benzene rings is 3. The average molecular weight is 417 g/mol. The van der Waals surface area contributed by atoms with Crippen LogP contribution in [0.3, 0.4) is 0 Å². The highest BCUT2D eigenvalue weighted by Crippen LogP contribution is 2.35. The van der Waals surface area contributed by atoms with Gasteiger partial charge in [0.25, 0.3) is 5.22 Å². The Hall–Kier alpha value is -3.51. The highest BCUT2D eigenvalue weighted by atomic mass is 32.2. The number of rotatable bonds is 7. The summed E-state index contributed by atoms with van der Waals surface area (Å²) in [5.74, 6) is 1.42. The van der Waals surface area contributed by atoms with E-state index in [1.807, 2.05) is 78.9 Å². The zero-order valence-corrected chi connectivity index (χ0v) is 17.2. The van der Waals surface area contributed by atoms with Gasteiger partial charge in [-0.3, -0.25) is 4.79 Å². The number of anilines is 1. The normalized spacial score (nSPS) is 10.6. The standard InChI is InChI=1S/C24H20N2O3S/c1-28-20-14-8-13-19(15-20)25-21(27)16-30-24-26-22(17-9-4-2-5-10-17)23(29-24)18-11-6-3-7-12-18/h2-15H,16H2,1H3,(H,25,27). The van der Waals surface area contributed by atoms with Gasteiger partial charge in [0.2, 0.25) is 5.91 Å². The van der Waals surface area contributed by atoms with Crippen LogP contribution in [-0.4, -0.2) is 23.8 Å². The average Bonchev–Trinajstić information content (AvgIpc) is 3.23. The lowest BCUT2D eigenvalue weighted by Crippen LogP contribution is -2.13. The molecule has 1 aromatic heterocycles. The molecule has 0 aliphatic heterocycles. The van der Waals surface area contributed by atoms with Gasteiger partial charge in [0.1, 0.15) is 11.4 Å². The zero-order chi connectivity index (χ0) is 20.8. The van der Waals surface area contributed by atoms with Crippen LogP contribution in [0.1, 0.15) is 0 Å². The van der Waals surface area contributed by atoms with E-state index in [0.717, 1.165) is 16.8 Å². The molecule has 0 saturated heterocycles. The second kappa shape index (κ2) is 9.33. The van der Waals surface area contributed by atoms with Crippen LogP contribution < -0.4 is 10.1 Å². The third kappa shape index (κ3) is 4.72. The maximum atomic E-state index is 12.4. The van der Waals surface area contributed by atoms with E-state index in [-0.39, 0.29) is 11.7 Å². The second-order valence-corrected chi connectivity index (χ2v) is 7.38. The van der Waals surface area contributed by atoms with Crippen LogP contribution in [0.25, 0.3) is 22.6 Å². The third-order valence-electron chi connectivity index (χ3n) is 4.37. The largest absolute Gasteiger partial charge is 0.497 e. The minimum Gasteiger partial charge on any atom is -0.497 e. The van der Waals surface area contributed by atoms with E-state index >= 15 is 0 Å². The molecule has 1 heterocycles. The maximum Gasteiger partial charge on any atom is 0.257 e. The lowest BCUT2D eigenvalue weighted by Gasteiger charge is -2.06. The van der Waals surface area contributed by atoms with Crippen molar-refractivity contribution in [2.45, 2.75) is 5.22 Å². The van der Waals surface area contributed by atoms with Crippen LogP contribution in [0.4, 0.5) is 5.69 Å². The van der Waals surface area contributed by atoms with Crippen molar-refractivity contribution in [3.8, 4) is 28.3 Å². The van der Waals surface area contributed by atoms with Crippen molar-refractivity contribution in [1.29, 1.82) is 0 Å².